The molecule has 212 valence electrons. The van der Waals surface area contributed by atoms with Gasteiger partial charge in [0, 0.05) is 24.4 Å². The van der Waals surface area contributed by atoms with Crippen LogP contribution >= 0.6 is 0 Å². The summed E-state index contributed by atoms with van der Waals surface area (Å²) in [4.78, 5) is 49.3. The van der Waals surface area contributed by atoms with Gasteiger partial charge >= 0.3 is 0 Å². The van der Waals surface area contributed by atoms with Crippen LogP contribution in [0.4, 0.5) is 0 Å². The summed E-state index contributed by atoms with van der Waals surface area (Å²) in [7, 11) is 1.56. The van der Waals surface area contributed by atoms with E-state index in [1.54, 1.807) is 13.2 Å². The van der Waals surface area contributed by atoms with Crippen LogP contribution < -0.4 is 20.7 Å². The second-order valence-corrected chi connectivity index (χ2v) is 9.75. The van der Waals surface area contributed by atoms with E-state index in [0.717, 1.165) is 23.2 Å². The van der Waals surface area contributed by atoms with Crippen molar-refractivity contribution in [2.75, 3.05) is 26.8 Å². The van der Waals surface area contributed by atoms with Crippen molar-refractivity contribution < 1.29 is 29.0 Å². The number of Topliss-reactive ketones (excluding diaryl/α,β-unsaturated/α-hetero) is 1. The molecule has 10 nitrogen and oxygen atoms in total. The lowest BCUT2D eigenvalue weighted by Gasteiger charge is -2.19. The van der Waals surface area contributed by atoms with E-state index in [-0.39, 0.29) is 26.3 Å². The van der Waals surface area contributed by atoms with E-state index in [2.05, 4.69) is 36.7 Å². The Kier molecular flexibility index (Phi) is 13.5. The van der Waals surface area contributed by atoms with Crippen LogP contribution in [0.15, 0.2) is 24.3 Å². The Bertz CT molecular complexity index is 1090. The molecule has 1 fully saturated rings. The van der Waals surface area contributed by atoms with Gasteiger partial charge in [0.25, 0.3) is 5.91 Å². The van der Waals surface area contributed by atoms with Crippen LogP contribution in [0.25, 0.3) is 10.9 Å². The van der Waals surface area contributed by atoms with Crippen LogP contribution in [-0.2, 0) is 20.9 Å². The number of aliphatic hydroxyl groups excluding tert-OH is 1. The number of amides is 3. The van der Waals surface area contributed by atoms with Gasteiger partial charge in [0.05, 0.1) is 25.2 Å². The number of rotatable bonds is 11. The van der Waals surface area contributed by atoms with E-state index in [1.165, 1.54) is 0 Å². The summed E-state index contributed by atoms with van der Waals surface area (Å²) in [5.41, 5.74) is 1.25. The Morgan fingerprint density at radius 2 is 1.92 bits per heavy atom. The predicted octanol–water partition coefficient (Wildman–Crippen LogP) is 2.66. The quantitative estimate of drug-likeness (QED) is 0.351. The van der Waals surface area contributed by atoms with Crippen molar-refractivity contribution in [1.29, 1.82) is 0 Å². The van der Waals surface area contributed by atoms with Crippen molar-refractivity contribution in [2.24, 2.45) is 11.8 Å². The number of aliphatic hydroxyl groups is 1. The molecule has 1 aliphatic heterocycles. The number of ketones is 1. The molecule has 0 aliphatic carbocycles. The molecule has 1 aromatic heterocycles. The van der Waals surface area contributed by atoms with Crippen molar-refractivity contribution in [3.8, 4) is 5.75 Å². The lowest BCUT2D eigenvalue weighted by Crippen LogP contribution is -2.47. The van der Waals surface area contributed by atoms with Gasteiger partial charge in [-0.15, -0.1) is 0 Å². The van der Waals surface area contributed by atoms with Gasteiger partial charge in [-0.05, 0) is 43.4 Å². The van der Waals surface area contributed by atoms with E-state index in [9.17, 15) is 24.3 Å². The highest BCUT2D eigenvalue weighted by Crippen LogP contribution is 2.29. The fraction of sp³-hybridized carbons (Fsp3) is 0.571. The summed E-state index contributed by atoms with van der Waals surface area (Å²) in [6.45, 7) is 8.54. The van der Waals surface area contributed by atoms with Crippen LogP contribution in [-0.4, -0.2) is 66.0 Å². The minimum atomic E-state index is -0.996. The van der Waals surface area contributed by atoms with Gasteiger partial charge < -0.3 is 30.4 Å². The number of aryl methyl sites for hydroxylation is 1. The van der Waals surface area contributed by atoms with Crippen LogP contribution in [0, 0.1) is 11.8 Å². The molecule has 0 radical (unpaired) electrons. The Hall–Kier alpha value is -3.40. The second-order valence-electron chi connectivity index (χ2n) is 9.75. The summed E-state index contributed by atoms with van der Waals surface area (Å²) in [6.07, 6.45) is 1.48. The molecule has 2 heterocycles. The largest absolute Gasteiger partial charge is 0.496 e. The highest BCUT2D eigenvalue weighted by Gasteiger charge is 2.31. The minimum Gasteiger partial charge on any atom is -0.496 e. The molecule has 0 saturated carbocycles. The molecular weight excluding hydrogens is 488 g/mol. The number of fused-ring (bicyclic) bond motifs is 1. The van der Waals surface area contributed by atoms with Crippen molar-refractivity contribution in [2.45, 2.75) is 67.0 Å². The van der Waals surface area contributed by atoms with Crippen LogP contribution in [0.3, 0.4) is 0 Å². The monoisotopic (exact) mass is 532 g/mol. The molecule has 3 rings (SSSR count). The number of hydrogen-bond donors (Lipinski definition) is 4. The van der Waals surface area contributed by atoms with Crippen molar-refractivity contribution in [1.82, 2.24) is 20.5 Å². The molecule has 10 heteroatoms. The Morgan fingerprint density at radius 1 is 1.24 bits per heavy atom. The topological polar surface area (TPSA) is 139 Å². The number of carbonyl (C=O) groups excluding carboxylic acids is 4. The summed E-state index contributed by atoms with van der Waals surface area (Å²) in [5, 5.41) is 17.8. The van der Waals surface area contributed by atoms with Crippen molar-refractivity contribution in [3.05, 3.63) is 30.0 Å². The van der Waals surface area contributed by atoms with Crippen molar-refractivity contribution >= 4 is 34.4 Å². The van der Waals surface area contributed by atoms with Gasteiger partial charge in [0.15, 0.2) is 5.78 Å². The zero-order chi connectivity index (χ0) is 27.5. The van der Waals surface area contributed by atoms with Gasteiger partial charge in [-0.3, -0.25) is 19.2 Å². The Morgan fingerprint density at radius 3 is 2.47 bits per heavy atom. The SMILES string of the molecule is C.CC(C)C.CCCn1c(C(=O)NCC(=O)NC(CC2CCNC2=O)C(=O)CO)cc2c(OC)cccc21. The predicted molar refractivity (Wildman–Crippen MR) is 148 cm³/mol. The minimum absolute atomic E-state index is 0. The van der Waals surface area contributed by atoms with Gasteiger partial charge in [-0.25, -0.2) is 0 Å². The van der Waals surface area contributed by atoms with Crippen molar-refractivity contribution in [3.63, 3.8) is 0 Å². The third kappa shape index (κ3) is 8.86. The number of methoxy groups -OCH3 is 1. The van der Waals surface area contributed by atoms with E-state index < -0.39 is 36.2 Å². The Labute approximate surface area is 225 Å². The molecule has 0 bridgehead atoms. The fourth-order valence-electron chi connectivity index (χ4n) is 4.12. The zero-order valence-electron chi connectivity index (χ0n) is 22.4. The molecule has 1 aromatic carbocycles. The molecule has 2 unspecified atom stereocenters. The number of nitrogens with one attached hydrogen (secondary N) is 3. The standard InChI is InChI=1S/C23H30N4O6.C4H10.CH4/c1-3-9-27-17-5-4-6-20(33-2)15(17)11-18(27)23(32)25-12-21(30)26-16(19(29)13-28)10-14-7-8-24-22(14)31;1-4(2)3;/h4-6,11,14,16,28H,3,7-10,12-13H2,1-2H3,(H,24,31)(H,25,32)(H,26,30);4H,1-3H3;1H4. The molecule has 1 saturated heterocycles. The second kappa shape index (κ2) is 15.8. The zero-order valence-corrected chi connectivity index (χ0v) is 22.4. The van der Waals surface area contributed by atoms with Crippen LogP contribution in [0.5, 0.6) is 5.75 Å². The summed E-state index contributed by atoms with van der Waals surface area (Å²) in [6, 6.07) is 6.31. The smallest absolute Gasteiger partial charge is 0.268 e. The maximum Gasteiger partial charge on any atom is 0.268 e. The fourth-order valence-corrected chi connectivity index (χ4v) is 4.12. The summed E-state index contributed by atoms with van der Waals surface area (Å²) < 4.78 is 7.28. The number of aromatic nitrogens is 1. The lowest BCUT2D eigenvalue weighted by molar-refractivity contribution is -0.130. The number of nitrogens with zero attached hydrogens (tertiary/aromatic N) is 1. The highest BCUT2D eigenvalue weighted by atomic mass is 16.5. The first-order valence-corrected chi connectivity index (χ1v) is 12.8. The molecular formula is C28H44N4O6. The maximum absolute atomic E-state index is 12.9. The number of ether oxygens (including phenoxy) is 1. The van der Waals surface area contributed by atoms with E-state index in [1.807, 2.05) is 29.7 Å². The van der Waals surface area contributed by atoms with E-state index >= 15 is 0 Å². The average molecular weight is 533 g/mol. The molecule has 0 spiro atoms. The third-order valence-corrected chi connectivity index (χ3v) is 5.78. The van der Waals surface area contributed by atoms with Gasteiger partial charge in [0.2, 0.25) is 11.8 Å². The molecule has 3 amide bonds. The van der Waals surface area contributed by atoms with E-state index in [0.29, 0.717) is 31.0 Å². The average Bonchev–Trinajstić information content (AvgIpc) is 3.44. The number of benzene rings is 1. The Balaban J connectivity index is 0.00000135. The normalized spacial score (nSPS) is 15.1. The molecule has 4 N–H and O–H groups in total. The first-order valence-electron chi connectivity index (χ1n) is 12.8. The molecule has 1 aliphatic rings. The number of hydrogen-bond acceptors (Lipinski definition) is 6. The first kappa shape index (κ1) is 32.6. The van der Waals surface area contributed by atoms with Crippen LogP contribution in [0.1, 0.15) is 64.9 Å². The first-order chi connectivity index (χ1) is 17.6. The third-order valence-electron chi connectivity index (χ3n) is 5.78. The lowest BCUT2D eigenvalue weighted by atomic mass is 9.96. The molecule has 2 aromatic rings. The molecule has 2 atom stereocenters. The van der Waals surface area contributed by atoms with Gasteiger partial charge in [-0.1, -0.05) is 41.2 Å². The van der Waals surface area contributed by atoms with Gasteiger partial charge in [-0.2, -0.15) is 0 Å². The van der Waals surface area contributed by atoms with Crippen LogP contribution in [0.2, 0.25) is 0 Å². The highest BCUT2D eigenvalue weighted by molar-refractivity contribution is 6.02. The van der Waals surface area contributed by atoms with Gasteiger partial charge in [0.1, 0.15) is 18.1 Å². The van der Waals surface area contributed by atoms with E-state index in [4.69, 9.17) is 4.74 Å². The summed E-state index contributed by atoms with van der Waals surface area (Å²) >= 11 is 0. The summed E-state index contributed by atoms with van der Waals surface area (Å²) in [5.74, 6) is -0.686. The maximum atomic E-state index is 12.9. The molecule has 38 heavy (non-hydrogen) atoms. The number of carbonyl (C=O) groups is 4.